The smallest absolute Gasteiger partial charge is 0.288 e. The van der Waals surface area contributed by atoms with Crippen LogP contribution in [0.3, 0.4) is 0 Å². The average molecular weight is 333 g/mol. The average Bonchev–Trinajstić information content (AvgIpc) is 2.34. The Morgan fingerprint density at radius 3 is 2.74 bits per heavy atom. The van der Waals surface area contributed by atoms with Gasteiger partial charge in [0.2, 0.25) is 5.88 Å². The first-order valence-corrected chi connectivity index (χ1v) is 6.82. The van der Waals surface area contributed by atoms with E-state index < -0.39 is 10.6 Å². The number of alkyl halides is 1. The van der Waals surface area contributed by atoms with Crippen molar-refractivity contribution in [3.05, 3.63) is 26.9 Å². The number of pyridine rings is 1. The van der Waals surface area contributed by atoms with Gasteiger partial charge in [0, 0.05) is 6.07 Å². The van der Waals surface area contributed by atoms with E-state index in [1.165, 1.54) is 6.07 Å². The lowest BCUT2D eigenvalue weighted by Crippen LogP contribution is -2.31. The molecule has 5 nitrogen and oxygen atoms in total. The maximum atomic E-state index is 13.6. The highest BCUT2D eigenvalue weighted by atomic mass is 79.9. The fourth-order valence-electron chi connectivity index (χ4n) is 2.07. The van der Waals surface area contributed by atoms with Gasteiger partial charge in [-0.15, -0.1) is 0 Å². The molecule has 0 bridgehead atoms. The van der Waals surface area contributed by atoms with Gasteiger partial charge in [-0.25, -0.2) is 9.37 Å². The van der Waals surface area contributed by atoms with Gasteiger partial charge >= 0.3 is 0 Å². The maximum absolute atomic E-state index is 13.6. The summed E-state index contributed by atoms with van der Waals surface area (Å²) in [5.41, 5.74) is -1.21. The molecule has 2 rings (SSSR count). The van der Waals surface area contributed by atoms with Crippen LogP contribution in [0.25, 0.3) is 0 Å². The van der Waals surface area contributed by atoms with E-state index in [0.717, 1.165) is 6.20 Å². The molecule has 0 N–H and O–H groups in total. The van der Waals surface area contributed by atoms with Crippen molar-refractivity contribution in [1.29, 1.82) is 0 Å². The van der Waals surface area contributed by atoms with Crippen molar-refractivity contribution < 1.29 is 14.1 Å². The van der Waals surface area contributed by atoms with Gasteiger partial charge < -0.3 is 4.74 Å². The molecule has 104 valence electrons. The largest absolute Gasteiger partial charge is 0.474 e. The predicted octanol–water partition coefficient (Wildman–Crippen LogP) is 3.80. The van der Waals surface area contributed by atoms with Gasteiger partial charge in [-0.2, -0.15) is 0 Å². The molecule has 1 aromatic rings. The van der Waals surface area contributed by atoms with Crippen molar-refractivity contribution in [3.8, 4) is 5.88 Å². The van der Waals surface area contributed by atoms with E-state index in [-0.39, 0.29) is 11.8 Å². The van der Waals surface area contributed by atoms with Crippen LogP contribution in [0.4, 0.5) is 10.1 Å². The van der Waals surface area contributed by atoms with Crippen LogP contribution in [0.1, 0.15) is 32.6 Å². The van der Waals surface area contributed by atoms with Crippen LogP contribution < -0.4 is 4.74 Å². The van der Waals surface area contributed by atoms with E-state index in [4.69, 9.17) is 4.74 Å². The molecule has 1 fully saturated rings. The molecule has 1 aliphatic carbocycles. The molecule has 0 aliphatic heterocycles. The van der Waals surface area contributed by atoms with Crippen molar-refractivity contribution in [2.75, 3.05) is 0 Å². The van der Waals surface area contributed by atoms with E-state index >= 15 is 0 Å². The van der Waals surface area contributed by atoms with Gasteiger partial charge in [0.05, 0.1) is 9.40 Å². The van der Waals surface area contributed by atoms with E-state index in [2.05, 4.69) is 20.9 Å². The van der Waals surface area contributed by atoms with Gasteiger partial charge in [0.1, 0.15) is 18.0 Å². The monoisotopic (exact) mass is 332 g/mol. The minimum Gasteiger partial charge on any atom is -0.474 e. The highest BCUT2D eigenvalue weighted by Gasteiger charge is 2.32. The number of hydrogen-bond donors (Lipinski definition) is 0. The molecule has 0 radical (unpaired) electrons. The van der Waals surface area contributed by atoms with Gasteiger partial charge in [-0.3, -0.25) is 10.1 Å². The minimum absolute atomic E-state index is 0.0888. The Bertz CT molecular complexity index is 486. The van der Waals surface area contributed by atoms with Crippen LogP contribution in [-0.2, 0) is 0 Å². The van der Waals surface area contributed by atoms with Crippen LogP contribution in [0.5, 0.6) is 5.88 Å². The molecule has 1 aliphatic rings. The molecule has 0 amide bonds. The molecule has 0 unspecified atom stereocenters. The van der Waals surface area contributed by atoms with E-state index in [1.807, 2.05) is 0 Å². The SMILES string of the molecule is CC1(F)CCC(Oc2ncc([N+](=O)[O-])cc2Br)CC1. The zero-order valence-electron chi connectivity index (χ0n) is 10.4. The molecule has 0 spiro atoms. The molecule has 1 saturated carbocycles. The molecule has 0 aromatic carbocycles. The number of ether oxygens (including phenoxy) is 1. The first-order chi connectivity index (χ1) is 8.87. The summed E-state index contributed by atoms with van der Waals surface area (Å²) in [6.07, 6.45) is 3.23. The van der Waals surface area contributed by atoms with E-state index in [0.29, 0.717) is 36.0 Å². The topological polar surface area (TPSA) is 65.3 Å². The summed E-state index contributed by atoms with van der Waals surface area (Å²) < 4.78 is 19.8. The van der Waals surface area contributed by atoms with E-state index in [9.17, 15) is 14.5 Å². The second-order valence-electron chi connectivity index (χ2n) is 4.97. The molecular weight excluding hydrogens is 319 g/mol. The number of hydrogen-bond acceptors (Lipinski definition) is 4. The third-order valence-electron chi connectivity index (χ3n) is 3.26. The summed E-state index contributed by atoms with van der Waals surface area (Å²) in [4.78, 5) is 14.0. The van der Waals surface area contributed by atoms with Crippen LogP contribution >= 0.6 is 15.9 Å². The number of halogens is 2. The highest BCUT2D eigenvalue weighted by molar-refractivity contribution is 9.10. The van der Waals surface area contributed by atoms with Crippen molar-refractivity contribution in [3.63, 3.8) is 0 Å². The number of nitrogens with zero attached hydrogens (tertiary/aromatic N) is 2. The zero-order valence-corrected chi connectivity index (χ0v) is 12.0. The van der Waals surface area contributed by atoms with Crippen LogP contribution in [0, 0.1) is 10.1 Å². The number of rotatable bonds is 3. The summed E-state index contributed by atoms with van der Waals surface area (Å²) >= 11 is 3.20. The standard InChI is InChI=1S/C12H14BrFN2O3/c1-12(14)4-2-9(3-5-12)19-11-10(13)6-8(7-15-11)16(17)18/h6-7,9H,2-5H2,1H3. The van der Waals surface area contributed by atoms with Gasteiger partial charge in [-0.1, -0.05) is 0 Å². The quantitative estimate of drug-likeness (QED) is 0.623. The molecule has 19 heavy (non-hydrogen) atoms. The number of aromatic nitrogens is 1. The fourth-order valence-corrected chi connectivity index (χ4v) is 2.50. The zero-order chi connectivity index (χ0) is 14.0. The summed E-state index contributed by atoms with van der Waals surface area (Å²) in [5.74, 6) is 0.318. The van der Waals surface area contributed by atoms with Gasteiger partial charge in [0.25, 0.3) is 5.69 Å². The maximum Gasteiger partial charge on any atom is 0.288 e. The van der Waals surface area contributed by atoms with Gasteiger partial charge in [0.15, 0.2) is 0 Å². The Balaban J connectivity index is 2.02. The minimum atomic E-state index is -1.11. The highest BCUT2D eigenvalue weighted by Crippen LogP contribution is 2.34. The third-order valence-corrected chi connectivity index (χ3v) is 3.83. The predicted molar refractivity (Wildman–Crippen MR) is 71.0 cm³/mol. The second-order valence-corrected chi connectivity index (χ2v) is 5.82. The Kier molecular flexibility index (Phi) is 4.03. The van der Waals surface area contributed by atoms with Crippen LogP contribution in [0.15, 0.2) is 16.7 Å². The molecule has 7 heteroatoms. The van der Waals surface area contributed by atoms with Gasteiger partial charge in [-0.05, 0) is 48.5 Å². The first-order valence-electron chi connectivity index (χ1n) is 6.03. The normalized spacial score (nSPS) is 27.0. The molecule has 0 atom stereocenters. The summed E-state index contributed by atoms with van der Waals surface area (Å²) in [5, 5.41) is 10.6. The number of nitro groups is 1. The third kappa shape index (κ3) is 3.62. The van der Waals surface area contributed by atoms with Crippen molar-refractivity contribution in [2.24, 2.45) is 0 Å². The Morgan fingerprint density at radius 1 is 1.58 bits per heavy atom. The van der Waals surface area contributed by atoms with Crippen molar-refractivity contribution >= 4 is 21.6 Å². The first kappa shape index (κ1) is 14.2. The lowest BCUT2D eigenvalue weighted by molar-refractivity contribution is -0.385. The molecule has 0 saturated heterocycles. The lowest BCUT2D eigenvalue weighted by Gasteiger charge is -2.31. The van der Waals surface area contributed by atoms with E-state index in [1.54, 1.807) is 6.92 Å². The molecule has 1 aromatic heterocycles. The van der Waals surface area contributed by atoms with Crippen LogP contribution in [-0.4, -0.2) is 21.7 Å². The molecular formula is C12H14BrFN2O3. The summed E-state index contributed by atoms with van der Waals surface area (Å²) in [6.45, 7) is 1.60. The van der Waals surface area contributed by atoms with Crippen LogP contribution in [0.2, 0.25) is 0 Å². The lowest BCUT2D eigenvalue weighted by atomic mass is 9.86. The Labute approximate surface area is 118 Å². The summed E-state index contributed by atoms with van der Waals surface area (Å²) in [7, 11) is 0. The Morgan fingerprint density at radius 2 is 2.21 bits per heavy atom. The van der Waals surface area contributed by atoms with Crippen molar-refractivity contribution in [1.82, 2.24) is 4.98 Å². The second kappa shape index (κ2) is 5.40. The molecule has 1 heterocycles. The fraction of sp³-hybridized carbons (Fsp3) is 0.583. The van der Waals surface area contributed by atoms with Crippen molar-refractivity contribution in [2.45, 2.75) is 44.4 Å². The Hall–Kier alpha value is -1.24. The summed E-state index contributed by atoms with van der Waals surface area (Å²) in [6, 6.07) is 1.35.